The van der Waals surface area contributed by atoms with Gasteiger partial charge in [-0.1, -0.05) is 18.2 Å². The monoisotopic (exact) mass is 269 g/mol. The topological polar surface area (TPSA) is 3.24 Å². The van der Waals surface area contributed by atoms with Crippen molar-refractivity contribution in [2.24, 2.45) is 0 Å². The van der Waals surface area contributed by atoms with E-state index in [-0.39, 0.29) is 5.38 Å². The van der Waals surface area contributed by atoms with Crippen LogP contribution in [0.15, 0.2) is 29.2 Å². The highest BCUT2D eigenvalue weighted by molar-refractivity contribution is 8.00. The summed E-state index contributed by atoms with van der Waals surface area (Å²) in [5, 5.41) is 0.994. The van der Waals surface area contributed by atoms with Crippen LogP contribution in [0.1, 0.15) is 18.9 Å². The normalized spacial score (nSPS) is 20.6. The summed E-state index contributed by atoms with van der Waals surface area (Å²) in [5.41, 5.74) is 1.52. The first-order chi connectivity index (χ1) is 8.15. The first-order valence-corrected chi connectivity index (χ1v) is 7.54. The van der Waals surface area contributed by atoms with Gasteiger partial charge < -0.3 is 4.90 Å². The number of thioether (sulfide) groups is 1. The van der Waals surface area contributed by atoms with Gasteiger partial charge in [0, 0.05) is 22.1 Å². The fourth-order valence-electron chi connectivity index (χ4n) is 2.19. The van der Waals surface area contributed by atoms with E-state index in [9.17, 15) is 0 Å². The predicted octanol–water partition coefficient (Wildman–Crippen LogP) is 3.65. The minimum atomic E-state index is 0.283. The number of hydrogen-bond donors (Lipinski definition) is 0. The van der Waals surface area contributed by atoms with Crippen LogP contribution in [0.5, 0.6) is 0 Å². The smallest absolute Gasteiger partial charge is 0.0320 e. The average Bonchev–Trinajstić information content (AvgIpc) is 2.68. The molecule has 2 atom stereocenters. The summed E-state index contributed by atoms with van der Waals surface area (Å²) in [6.45, 7) is 4.32. The molecule has 2 rings (SSSR count). The summed E-state index contributed by atoms with van der Waals surface area (Å²) < 4.78 is 0. The van der Waals surface area contributed by atoms with Gasteiger partial charge in [-0.2, -0.15) is 0 Å². The van der Waals surface area contributed by atoms with Crippen LogP contribution in [0.25, 0.3) is 0 Å². The van der Waals surface area contributed by atoms with Crippen molar-refractivity contribution in [3.8, 4) is 0 Å². The lowest BCUT2D eigenvalue weighted by molar-refractivity contribution is 0.330. The van der Waals surface area contributed by atoms with Gasteiger partial charge in [-0.05, 0) is 45.0 Å². The molecule has 0 aliphatic carbocycles. The molecule has 0 amide bonds. The molecule has 94 valence electrons. The standard InChI is InChI=1S/C14H20ClNS/c1-11(15)7-8-16(2)10-13-9-12-5-3-4-6-14(12)17-13/h3-6,11,13H,7-10H2,1-2H3. The molecule has 1 nitrogen and oxygen atoms in total. The van der Waals surface area contributed by atoms with Gasteiger partial charge in [0.05, 0.1) is 0 Å². The number of benzene rings is 1. The van der Waals surface area contributed by atoms with Gasteiger partial charge >= 0.3 is 0 Å². The molecule has 1 aromatic rings. The van der Waals surface area contributed by atoms with Crippen LogP contribution in [-0.2, 0) is 6.42 Å². The highest BCUT2D eigenvalue weighted by atomic mass is 35.5. The van der Waals surface area contributed by atoms with Gasteiger partial charge in [0.25, 0.3) is 0 Å². The largest absolute Gasteiger partial charge is 0.305 e. The Labute approximate surface area is 114 Å². The fraction of sp³-hybridized carbons (Fsp3) is 0.571. The Morgan fingerprint density at radius 2 is 2.24 bits per heavy atom. The van der Waals surface area contributed by atoms with E-state index < -0.39 is 0 Å². The van der Waals surface area contributed by atoms with Crippen molar-refractivity contribution in [1.82, 2.24) is 4.90 Å². The molecule has 0 radical (unpaired) electrons. The van der Waals surface area contributed by atoms with Crippen LogP contribution in [-0.4, -0.2) is 35.7 Å². The van der Waals surface area contributed by atoms with Gasteiger partial charge in [0.15, 0.2) is 0 Å². The summed E-state index contributed by atoms with van der Waals surface area (Å²) in [7, 11) is 2.20. The zero-order chi connectivity index (χ0) is 12.3. The molecule has 0 saturated carbocycles. The second kappa shape index (κ2) is 6.12. The quantitative estimate of drug-likeness (QED) is 0.751. The van der Waals surface area contributed by atoms with E-state index >= 15 is 0 Å². The number of fused-ring (bicyclic) bond motifs is 1. The molecule has 0 aromatic heterocycles. The molecule has 0 bridgehead atoms. The molecule has 0 saturated heterocycles. The van der Waals surface area contributed by atoms with Crippen molar-refractivity contribution in [3.05, 3.63) is 29.8 Å². The molecular weight excluding hydrogens is 250 g/mol. The molecule has 1 aromatic carbocycles. The number of nitrogens with zero attached hydrogens (tertiary/aromatic N) is 1. The molecule has 1 heterocycles. The van der Waals surface area contributed by atoms with Crippen molar-refractivity contribution in [2.45, 2.75) is 35.3 Å². The SMILES string of the molecule is CC(Cl)CCN(C)CC1Cc2ccccc2S1. The van der Waals surface area contributed by atoms with Crippen molar-refractivity contribution in [3.63, 3.8) is 0 Å². The van der Waals surface area contributed by atoms with E-state index in [0.29, 0.717) is 5.25 Å². The molecule has 1 aliphatic heterocycles. The van der Waals surface area contributed by atoms with Gasteiger partial charge in [-0.25, -0.2) is 0 Å². The number of rotatable bonds is 5. The van der Waals surface area contributed by atoms with Crippen LogP contribution in [0.4, 0.5) is 0 Å². The Balaban J connectivity index is 1.79. The van der Waals surface area contributed by atoms with Crippen LogP contribution >= 0.6 is 23.4 Å². The van der Waals surface area contributed by atoms with E-state index in [1.807, 2.05) is 11.8 Å². The lowest BCUT2D eigenvalue weighted by Crippen LogP contribution is -2.29. The van der Waals surface area contributed by atoms with E-state index in [1.54, 1.807) is 0 Å². The third-order valence-electron chi connectivity index (χ3n) is 3.14. The Morgan fingerprint density at radius 1 is 1.47 bits per heavy atom. The average molecular weight is 270 g/mol. The zero-order valence-electron chi connectivity index (χ0n) is 10.5. The molecule has 1 aliphatic rings. The summed E-state index contributed by atoms with van der Waals surface area (Å²) in [6.07, 6.45) is 2.28. The Morgan fingerprint density at radius 3 is 2.94 bits per heavy atom. The molecule has 2 unspecified atom stereocenters. The van der Waals surface area contributed by atoms with Crippen LogP contribution < -0.4 is 0 Å². The lowest BCUT2D eigenvalue weighted by Gasteiger charge is -2.20. The predicted molar refractivity (Wildman–Crippen MR) is 77.2 cm³/mol. The Kier molecular flexibility index (Phi) is 4.78. The lowest BCUT2D eigenvalue weighted by atomic mass is 10.1. The van der Waals surface area contributed by atoms with Crippen LogP contribution in [0.3, 0.4) is 0 Å². The maximum Gasteiger partial charge on any atom is 0.0320 e. The van der Waals surface area contributed by atoms with Crippen LogP contribution in [0, 0.1) is 0 Å². The van der Waals surface area contributed by atoms with Crippen molar-refractivity contribution in [1.29, 1.82) is 0 Å². The molecule has 3 heteroatoms. The second-order valence-electron chi connectivity index (χ2n) is 4.88. The fourth-order valence-corrected chi connectivity index (χ4v) is 3.70. The van der Waals surface area contributed by atoms with Gasteiger partial charge in [0.1, 0.15) is 0 Å². The van der Waals surface area contributed by atoms with Crippen molar-refractivity contribution >= 4 is 23.4 Å². The highest BCUT2D eigenvalue weighted by Crippen LogP contribution is 2.36. The summed E-state index contributed by atoms with van der Waals surface area (Å²) in [6, 6.07) is 8.76. The first-order valence-electron chi connectivity index (χ1n) is 6.22. The van der Waals surface area contributed by atoms with Gasteiger partial charge in [-0.3, -0.25) is 0 Å². The minimum absolute atomic E-state index is 0.283. The third-order valence-corrected chi connectivity index (χ3v) is 4.66. The molecule has 17 heavy (non-hydrogen) atoms. The summed E-state index contributed by atoms with van der Waals surface area (Å²) >= 11 is 8.00. The molecule has 0 N–H and O–H groups in total. The number of hydrogen-bond acceptors (Lipinski definition) is 2. The number of halogens is 1. The first kappa shape index (κ1) is 13.3. The Bertz CT molecular complexity index is 342. The van der Waals surface area contributed by atoms with Gasteiger partial charge in [0.2, 0.25) is 0 Å². The van der Waals surface area contributed by atoms with Crippen LogP contribution in [0.2, 0.25) is 0 Å². The number of alkyl halides is 1. The third kappa shape index (κ3) is 3.90. The molecular formula is C14H20ClNS. The molecule has 0 fully saturated rings. The Hall–Kier alpha value is -0.180. The van der Waals surface area contributed by atoms with Crippen molar-refractivity contribution in [2.75, 3.05) is 20.1 Å². The maximum atomic E-state index is 5.98. The van der Waals surface area contributed by atoms with E-state index in [0.717, 1.165) is 19.5 Å². The van der Waals surface area contributed by atoms with Crippen molar-refractivity contribution < 1.29 is 0 Å². The van der Waals surface area contributed by atoms with Gasteiger partial charge in [-0.15, -0.1) is 23.4 Å². The second-order valence-corrected chi connectivity index (χ2v) is 6.97. The maximum absolute atomic E-state index is 5.98. The summed E-state index contributed by atoms with van der Waals surface area (Å²) in [4.78, 5) is 3.87. The highest BCUT2D eigenvalue weighted by Gasteiger charge is 2.22. The molecule has 0 spiro atoms. The summed E-state index contributed by atoms with van der Waals surface area (Å²) in [5.74, 6) is 0. The van der Waals surface area contributed by atoms with E-state index in [1.165, 1.54) is 16.9 Å². The minimum Gasteiger partial charge on any atom is -0.305 e. The van der Waals surface area contributed by atoms with E-state index in [4.69, 9.17) is 11.6 Å². The zero-order valence-corrected chi connectivity index (χ0v) is 12.1. The van der Waals surface area contributed by atoms with E-state index in [2.05, 4.69) is 43.1 Å².